The Labute approximate surface area is 71.2 Å². The van der Waals surface area contributed by atoms with Crippen molar-refractivity contribution in [1.29, 1.82) is 0 Å². The third-order valence-electron chi connectivity index (χ3n) is 0.797. The molecule has 0 fully saturated rings. The van der Waals surface area contributed by atoms with E-state index in [1.54, 1.807) is 6.08 Å². The number of allylic oxidation sites excluding steroid dienone is 1. The van der Waals surface area contributed by atoms with E-state index in [1.807, 2.05) is 13.8 Å². The molecule has 0 saturated carbocycles. The lowest BCUT2D eigenvalue weighted by molar-refractivity contribution is -0.141. The van der Waals surface area contributed by atoms with Crippen molar-refractivity contribution in [3.8, 4) is 0 Å². The number of hydrogen-bond acceptors (Lipinski definition) is 2. The van der Waals surface area contributed by atoms with Gasteiger partial charge in [0.2, 0.25) is 0 Å². The van der Waals surface area contributed by atoms with Gasteiger partial charge in [0.1, 0.15) is 6.35 Å². The van der Waals surface area contributed by atoms with Crippen LogP contribution in [0.1, 0.15) is 26.7 Å². The number of ether oxygens (including phenoxy) is 1. The van der Waals surface area contributed by atoms with E-state index in [0.717, 1.165) is 0 Å². The zero-order chi connectivity index (χ0) is 9.11. The van der Waals surface area contributed by atoms with Gasteiger partial charge in [-0.3, -0.25) is 4.79 Å². The fourth-order valence-electron chi connectivity index (χ4n) is 0.385. The van der Waals surface area contributed by atoms with Crippen LogP contribution in [0.2, 0.25) is 0 Å². The Balaban J connectivity index is 0. The SMILES string of the molecule is C=CCCC(=O)OCP.CC. The molecule has 11 heavy (non-hydrogen) atoms. The van der Waals surface area contributed by atoms with Gasteiger partial charge < -0.3 is 4.74 Å². The van der Waals surface area contributed by atoms with Crippen LogP contribution in [0.15, 0.2) is 12.7 Å². The molecular weight excluding hydrogens is 159 g/mol. The van der Waals surface area contributed by atoms with Gasteiger partial charge in [0, 0.05) is 6.42 Å². The average Bonchev–Trinajstić information content (AvgIpc) is 2.05. The lowest BCUT2D eigenvalue weighted by atomic mass is 10.3. The highest BCUT2D eigenvalue weighted by Crippen LogP contribution is 1.94. The Hall–Kier alpha value is -0.360. The first-order valence-electron chi connectivity index (χ1n) is 3.78. The van der Waals surface area contributed by atoms with Crippen LogP contribution >= 0.6 is 9.24 Å². The fraction of sp³-hybridized carbons (Fsp3) is 0.625. The molecule has 0 spiro atoms. The number of carbonyl (C=O) groups excluding carboxylic acids is 1. The molecule has 0 aromatic heterocycles. The monoisotopic (exact) mass is 176 g/mol. The van der Waals surface area contributed by atoms with Gasteiger partial charge in [-0.25, -0.2) is 0 Å². The van der Waals surface area contributed by atoms with Gasteiger partial charge in [-0.2, -0.15) is 0 Å². The molecule has 2 nitrogen and oxygen atoms in total. The molecule has 0 rings (SSSR count). The van der Waals surface area contributed by atoms with Crippen LogP contribution < -0.4 is 0 Å². The zero-order valence-electron chi connectivity index (χ0n) is 7.30. The molecule has 0 aliphatic heterocycles. The highest BCUT2D eigenvalue weighted by molar-refractivity contribution is 7.16. The van der Waals surface area contributed by atoms with Crippen molar-refractivity contribution >= 4 is 15.2 Å². The molecule has 0 aliphatic carbocycles. The zero-order valence-corrected chi connectivity index (χ0v) is 8.45. The van der Waals surface area contributed by atoms with Crippen molar-refractivity contribution in [2.45, 2.75) is 26.7 Å². The Morgan fingerprint density at radius 2 is 2.18 bits per heavy atom. The first-order valence-corrected chi connectivity index (χ1v) is 4.59. The van der Waals surface area contributed by atoms with E-state index in [9.17, 15) is 4.79 Å². The van der Waals surface area contributed by atoms with Crippen LogP contribution in [0.5, 0.6) is 0 Å². The molecular formula is C8H17O2P. The van der Waals surface area contributed by atoms with E-state index >= 15 is 0 Å². The fourth-order valence-corrected chi connectivity index (χ4v) is 0.571. The summed E-state index contributed by atoms with van der Waals surface area (Å²) in [7, 11) is 2.32. The molecule has 0 aromatic carbocycles. The molecule has 0 bridgehead atoms. The maximum Gasteiger partial charge on any atom is 0.306 e. The van der Waals surface area contributed by atoms with Crippen molar-refractivity contribution in [2.75, 3.05) is 6.35 Å². The normalized spacial score (nSPS) is 7.55. The Morgan fingerprint density at radius 3 is 2.55 bits per heavy atom. The summed E-state index contributed by atoms with van der Waals surface area (Å²) < 4.78 is 4.62. The Kier molecular flexibility index (Phi) is 14.8. The third kappa shape index (κ3) is 12.8. The molecule has 0 saturated heterocycles. The quantitative estimate of drug-likeness (QED) is 0.373. The number of esters is 1. The highest BCUT2D eigenvalue weighted by Gasteiger charge is 1.96. The summed E-state index contributed by atoms with van der Waals surface area (Å²) in [5, 5.41) is 0. The number of rotatable bonds is 4. The van der Waals surface area contributed by atoms with Crippen LogP contribution in [-0.4, -0.2) is 12.3 Å². The summed E-state index contributed by atoms with van der Waals surface area (Å²) >= 11 is 0. The first-order chi connectivity index (χ1) is 5.31. The summed E-state index contributed by atoms with van der Waals surface area (Å²) in [4.78, 5) is 10.5. The van der Waals surface area contributed by atoms with Crippen molar-refractivity contribution in [3.63, 3.8) is 0 Å². The van der Waals surface area contributed by atoms with Crippen molar-refractivity contribution in [2.24, 2.45) is 0 Å². The second-order valence-corrected chi connectivity index (χ2v) is 1.84. The van der Waals surface area contributed by atoms with Crippen LogP contribution in [0.4, 0.5) is 0 Å². The predicted molar refractivity (Wildman–Crippen MR) is 51.4 cm³/mol. The predicted octanol–water partition coefficient (Wildman–Crippen LogP) is 2.35. The average molecular weight is 176 g/mol. The molecule has 3 heteroatoms. The number of hydrogen-bond donors (Lipinski definition) is 0. The molecule has 0 aromatic rings. The van der Waals surface area contributed by atoms with Crippen LogP contribution in [-0.2, 0) is 9.53 Å². The van der Waals surface area contributed by atoms with Crippen LogP contribution in [0, 0.1) is 0 Å². The van der Waals surface area contributed by atoms with Gasteiger partial charge in [0.25, 0.3) is 0 Å². The molecule has 0 N–H and O–H groups in total. The maximum absolute atomic E-state index is 10.5. The minimum absolute atomic E-state index is 0.162. The molecule has 0 radical (unpaired) electrons. The minimum atomic E-state index is -0.162. The minimum Gasteiger partial charge on any atom is -0.462 e. The summed E-state index contributed by atoms with van der Waals surface area (Å²) in [6, 6.07) is 0. The molecule has 0 heterocycles. The lowest BCUT2D eigenvalue weighted by Gasteiger charge is -1.96. The van der Waals surface area contributed by atoms with E-state index < -0.39 is 0 Å². The van der Waals surface area contributed by atoms with E-state index in [-0.39, 0.29) is 5.97 Å². The van der Waals surface area contributed by atoms with Gasteiger partial charge in [-0.1, -0.05) is 29.2 Å². The molecule has 66 valence electrons. The smallest absolute Gasteiger partial charge is 0.306 e. The Morgan fingerprint density at radius 1 is 1.64 bits per heavy atom. The molecule has 0 aliphatic rings. The lowest BCUT2D eigenvalue weighted by Crippen LogP contribution is -2.00. The van der Waals surface area contributed by atoms with Gasteiger partial charge in [0.15, 0.2) is 0 Å². The number of carbonyl (C=O) groups is 1. The Bertz CT molecular complexity index is 102. The largest absolute Gasteiger partial charge is 0.462 e. The van der Waals surface area contributed by atoms with Gasteiger partial charge in [0.05, 0.1) is 0 Å². The molecule has 1 atom stereocenters. The van der Waals surface area contributed by atoms with E-state index in [0.29, 0.717) is 19.2 Å². The first kappa shape index (κ1) is 13.2. The van der Waals surface area contributed by atoms with Crippen molar-refractivity contribution in [3.05, 3.63) is 12.7 Å². The van der Waals surface area contributed by atoms with E-state index in [4.69, 9.17) is 0 Å². The summed E-state index contributed by atoms with van der Waals surface area (Å²) in [6.07, 6.45) is 3.22. The third-order valence-corrected chi connectivity index (χ3v) is 0.964. The van der Waals surface area contributed by atoms with E-state index in [1.165, 1.54) is 0 Å². The highest BCUT2D eigenvalue weighted by atomic mass is 31.0. The maximum atomic E-state index is 10.5. The summed E-state index contributed by atoms with van der Waals surface area (Å²) in [5.41, 5.74) is 0. The van der Waals surface area contributed by atoms with Gasteiger partial charge >= 0.3 is 5.97 Å². The second-order valence-electron chi connectivity index (χ2n) is 1.51. The van der Waals surface area contributed by atoms with Crippen LogP contribution in [0.25, 0.3) is 0 Å². The molecule has 1 unspecified atom stereocenters. The van der Waals surface area contributed by atoms with E-state index in [2.05, 4.69) is 20.6 Å². The van der Waals surface area contributed by atoms with Crippen molar-refractivity contribution < 1.29 is 9.53 Å². The van der Waals surface area contributed by atoms with Crippen LogP contribution in [0.3, 0.4) is 0 Å². The topological polar surface area (TPSA) is 26.3 Å². The van der Waals surface area contributed by atoms with Gasteiger partial charge in [-0.15, -0.1) is 6.58 Å². The standard InChI is InChI=1S/C6H11O2P.C2H6/c1-2-3-4-6(7)8-5-9;1-2/h2H,1,3-5,9H2;1-2H3. The summed E-state index contributed by atoms with van der Waals surface area (Å²) in [5.74, 6) is -0.162. The van der Waals surface area contributed by atoms with Crippen molar-refractivity contribution in [1.82, 2.24) is 0 Å². The van der Waals surface area contributed by atoms with Gasteiger partial charge in [-0.05, 0) is 6.42 Å². The summed E-state index contributed by atoms with van der Waals surface area (Å²) in [6.45, 7) is 7.48. The molecule has 0 amide bonds. The second kappa shape index (κ2) is 12.3.